The monoisotopic (exact) mass is 486 g/mol. The van der Waals surface area contributed by atoms with Crippen molar-refractivity contribution in [3.63, 3.8) is 0 Å². The average molecular weight is 487 g/mol. The van der Waals surface area contributed by atoms with Gasteiger partial charge in [0, 0.05) is 36.3 Å². The average Bonchev–Trinajstić information content (AvgIpc) is 3.23. The van der Waals surface area contributed by atoms with E-state index in [1.165, 1.54) is 23.0 Å². The second-order valence-electron chi connectivity index (χ2n) is 7.51. The van der Waals surface area contributed by atoms with Crippen LogP contribution in [0, 0.1) is 0 Å². The number of tetrazole rings is 1. The Morgan fingerprint density at radius 2 is 1.91 bits per heavy atom. The van der Waals surface area contributed by atoms with Gasteiger partial charge in [-0.15, -0.1) is 10.2 Å². The number of ether oxygens (including phenoxy) is 1. The number of carbonyl (C=O) groups excluding carboxylic acids is 2. The van der Waals surface area contributed by atoms with Crippen molar-refractivity contribution < 1.29 is 22.7 Å². The lowest BCUT2D eigenvalue weighted by Gasteiger charge is -2.15. The quantitative estimate of drug-likeness (QED) is 0.487. The Kier molecular flexibility index (Phi) is 6.39. The minimum absolute atomic E-state index is 0.0265. The van der Waals surface area contributed by atoms with Crippen molar-refractivity contribution in [1.82, 2.24) is 20.2 Å². The van der Waals surface area contributed by atoms with Crippen molar-refractivity contribution in [2.45, 2.75) is 30.7 Å². The molecule has 0 N–H and O–H groups in total. The molecule has 0 amide bonds. The maximum Gasteiger partial charge on any atom is 0.344 e. The Balaban J connectivity index is 1.68. The van der Waals surface area contributed by atoms with Gasteiger partial charge in [0.2, 0.25) is 5.82 Å². The number of rotatable bonds is 6. The number of esters is 1. The molecule has 0 radical (unpaired) electrons. The lowest BCUT2D eigenvalue weighted by molar-refractivity contribution is -0.115. The number of allylic oxidation sites excluding steroid dienone is 2. The first-order valence-corrected chi connectivity index (χ1v) is 12.3. The summed E-state index contributed by atoms with van der Waals surface area (Å²) >= 11 is 6.49. The zero-order chi connectivity index (χ0) is 23.6. The fourth-order valence-corrected chi connectivity index (χ4v) is 4.71. The van der Waals surface area contributed by atoms with Crippen LogP contribution in [0.2, 0.25) is 5.02 Å². The molecule has 0 unspecified atom stereocenters. The van der Waals surface area contributed by atoms with Gasteiger partial charge >= 0.3 is 5.97 Å². The Bertz CT molecular complexity index is 1370. The maximum absolute atomic E-state index is 12.7. The van der Waals surface area contributed by atoms with E-state index in [4.69, 9.17) is 16.3 Å². The van der Waals surface area contributed by atoms with E-state index >= 15 is 0 Å². The molecule has 0 spiro atoms. The highest BCUT2D eigenvalue weighted by Crippen LogP contribution is 2.30. The number of aromatic nitrogens is 4. The fraction of sp³-hybridized carbons (Fsp3) is 0.227. The van der Waals surface area contributed by atoms with Crippen LogP contribution in [-0.4, -0.2) is 46.6 Å². The van der Waals surface area contributed by atoms with E-state index in [0.29, 0.717) is 25.1 Å². The van der Waals surface area contributed by atoms with E-state index in [9.17, 15) is 18.0 Å². The summed E-state index contributed by atoms with van der Waals surface area (Å²) in [4.78, 5) is 25.5. The van der Waals surface area contributed by atoms with Gasteiger partial charge in [0.05, 0.1) is 22.0 Å². The Hall–Kier alpha value is -3.37. The fourth-order valence-electron chi connectivity index (χ4n) is 3.43. The van der Waals surface area contributed by atoms with Crippen LogP contribution in [0.15, 0.2) is 59.2 Å². The van der Waals surface area contributed by atoms with Crippen LogP contribution in [0.25, 0.3) is 11.4 Å². The second kappa shape index (κ2) is 9.24. The SMILES string of the molecule is CS(=O)(=O)c1ccc(C(=O)OC2=CC(=O)CCC2)c(Cl)c1Cn1nnc(-c2ccccc2)n1. The number of carbonyl (C=O) groups is 2. The normalized spacial score (nSPS) is 14.1. The van der Waals surface area contributed by atoms with Crippen LogP contribution in [0.1, 0.15) is 35.2 Å². The molecule has 9 nitrogen and oxygen atoms in total. The molecule has 4 rings (SSSR count). The van der Waals surface area contributed by atoms with Gasteiger partial charge in [0.1, 0.15) is 5.76 Å². The molecule has 0 fully saturated rings. The molecule has 0 bridgehead atoms. The lowest BCUT2D eigenvalue weighted by Crippen LogP contribution is -2.15. The van der Waals surface area contributed by atoms with E-state index < -0.39 is 15.8 Å². The molecular weight excluding hydrogens is 468 g/mol. The zero-order valence-corrected chi connectivity index (χ0v) is 19.1. The van der Waals surface area contributed by atoms with Crippen LogP contribution in [0.3, 0.4) is 0 Å². The number of hydrogen-bond donors (Lipinski definition) is 0. The molecule has 1 aliphatic rings. The van der Waals surface area contributed by atoms with Crippen molar-refractivity contribution in [2.75, 3.05) is 6.26 Å². The van der Waals surface area contributed by atoms with Gasteiger partial charge in [0.25, 0.3) is 0 Å². The number of hydrogen-bond acceptors (Lipinski definition) is 8. The van der Waals surface area contributed by atoms with E-state index in [1.54, 1.807) is 0 Å². The van der Waals surface area contributed by atoms with Gasteiger partial charge in [-0.05, 0) is 23.8 Å². The topological polar surface area (TPSA) is 121 Å². The molecule has 3 aromatic rings. The molecule has 2 aromatic carbocycles. The van der Waals surface area contributed by atoms with Gasteiger partial charge in [0.15, 0.2) is 15.6 Å². The summed E-state index contributed by atoms with van der Waals surface area (Å²) in [6.07, 6.45) is 3.79. The molecule has 0 aliphatic heterocycles. The number of nitrogens with zero attached hydrogens (tertiary/aromatic N) is 4. The second-order valence-corrected chi connectivity index (χ2v) is 9.87. The summed E-state index contributed by atoms with van der Waals surface area (Å²) in [5.41, 5.74) is 0.853. The van der Waals surface area contributed by atoms with E-state index in [1.807, 2.05) is 30.3 Å². The highest BCUT2D eigenvalue weighted by molar-refractivity contribution is 7.90. The van der Waals surface area contributed by atoms with Crippen molar-refractivity contribution in [2.24, 2.45) is 0 Å². The van der Waals surface area contributed by atoms with Crippen LogP contribution in [0.4, 0.5) is 0 Å². The molecule has 33 heavy (non-hydrogen) atoms. The predicted octanol–water partition coefficient (Wildman–Crippen LogP) is 3.24. The van der Waals surface area contributed by atoms with E-state index in [0.717, 1.165) is 11.8 Å². The van der Waals surface area contributed by atoms with Gasteiger partial charge < -0.3 is 4.74 Å². The Labute approximate surface area is 194 Å². The zero-order valence-electron chi connectivity index (χ0n) is 17.6. The molecule has 170 valence electrons. The first kappa shape index (κ1) is 22.8. The molecule has 1 aromatic heterocycles. The lowest BCUT2D eigenvalue weighted by atomic mass is 10.1. The Morgan fingerprint density at radius 3 is 2.61 bits per heavy atom. The largest absolute Gasteiger partial charge is 0.427 e. The number of halogens is 1. The predicted molar refractivity (Wildman–Crippen MR) is 119 cm³/mol. The third kappa shape index (κ3) is 5.18. The third-order valence-electron chi connectivity index (χ3n) is 5.00. The third-order valence-corrected chi connectivity index (χ3v) is 6.61. The summed E-state index contributed by atoms with van der Waals surface area (Å²) in [5, 5.41) is 12.2. The molecule has 11 heteroatoms. The van der Waals surface area contributed by atoms with Gasteiger partial charge in [-0.25, -0.2) is 13.2 Å². The van der Waals surface area contributed by atoms with Crippen LogP contribution < -0.4 is 0 Å². The molecule has 0 saturated heterocycles. The molecule has 1 aliphatic carbocycles. The Morgan fingerprint density at radius 1 is 1.15 bits per heavy atom. The van der Waals surface area contributed by atoms with E-state index in [2.05, 4.69) is 15.4 Å². The molecule has 0 saturated carbocycles. The van der Waals surface area contributed by atoms with E-state index in [-0.39, 0.29) is 39.1 Å². The first-order chi connectivity index (χ1) is 15.7. The summed E-state index contributed by atoms with van der Waals surface area (Å²) < 4.78 is 30.1. The minimum Gasteiger partial charge on any atom is -0.427 e. The van der Waals surface area contributed by atoms with Crippen LogP contribution >= 0.6 is 11.6 Å². The highest BCUT2D eigenvalue weighted by atomic mass is 35.5. The highest BCUT2D eigenvalue weighted by Gasteiger charge is 2.25. The smallest absolute Gasteiger partial charge is 0.344 e. The van der Waals surface area contributed by atoms with Crippen molar-refractivity contribution in [3.8, 4) is 11.4 Å². The number of benzene rings is 2. The van der Waals surface area contributed by atoms with Crippen molar-refractivity contribution >= 4 is 33.2 Å². The maximum atomic E-state index is 12.7. The van der Waals surface area contributed by atoms with Crippen molar-refractivity contribution in [3.05, 3.63) is 70.4 Å². The number of sulfone groups is 1. The molecule has 0 atom stereocenters. The van der Waals surface area contributed by atoms with Crippen LogP contribution in [0.5, 0.6) is 0 Å². The molecular formula is C22H19ClN4O5S. The summed E-state index contributed by atoms with van der Waals surface area (Å²) in [6.45, 7) is -0.136. The van der Waals surface area contributed by atoms with Gasteiger partial charge in [-0.1, -0.05) is 41.9 Å². The molecule has 1 heterocycles. The summed E-state index contributed by atoms with van der Waals surface area (Å²) in [6, 6.07) is 11.7. The van der Waals surface area contributed by atoms with Crippen molar-refractivity contribution in [1.29, 1.82) is 0 Å². The standard InChI is InChI=1S/C22H19ClN4O5S/c1-33(30,31)19-11-10-17(22(29)32-16-9-5-8-15(28)12-16)20(23)18(19)13-27-25-21(24-26-27)14-6-3-2-4-7-14/h2-4,6-7,10-12H,5,8-9,13H2,1H3. The van der Waals surface area contributed by atoms with Gasteiger partial charge in [-0.3, -0.25) is 4.79 Å². The summed E-state index contributed by atoms with van der Waals surface area (Å²) in [5.74, 6) is -0.280. The summed E-state index contributed by atoms with van der Waals surface area (Å²) in [7, 11) is -3.68. The van der Waals surface area contributed by atoms with Crippen LogP contribution in [-0.2, 0) is 25.9 Å². The first-order valence-electron chi connectivity index (χ1n) is 10.0. The number of ketones is 1. The van der Waals surface area contributed by atoms with Gasteiger partial charge in [-0.2, -0.15) is 4.80 Å². The minimum atomic E-state index is -3.68.